The maximum Gasteiger partial charge on any atom is 0.325 e. The number of hydrogen-bond donors (Lipinski definition) is 1. The van der Waals surface area contributed by atoms with E-state index in [4.69, 9.17) is 0 Å². The van der Waals surface area contributed by atoms with Crippen LogP contribution in [0.25, 0.3) is 0 Å². The first kappa shape index (κ1) is 21.6. The van der Waals surface area contributed by atoms with Gasteiger partial charge in [-0.1, -0.05) is 48.5 Å². The van der Waals surface area contributed by atoms with Gasteiger partial charge >= 0.3 is 6.03 Å². The van der Waals surface area contributed by atoms with Gasteiger partial charge < -0.3 is 10.2 Å². The van der Waals surface area contributed by atoms with Gasteiger partial charge in [0.15, 0.2) is 0 Å². The molecule has 0 saturated carbocycles. The molecule has 1 N–H and O–H groups in total. The highest BCUT2D eigenvalue weighted by molar-refractivity contribution is 6.07. The summed E-state index contributed by atoms with van der Waals surface area (Å²) in [5.41, 5.74) is 1.15. The summed E-state index contributed by atoms with van der Waals surface area (Å²) in [6.45, 7) is 3.51. The first-order valence-electron chi connectivity index (χ1n) is 11.8. The summed E-state index contributed by atoms with van der Waals surface area (Å²) < 4.78 is 0. The van der Waals surface area contributed by atoms with Crippen LogP contribution in [0.15, 0.2) is 60.7 Å². The lowest BCUT2D eigenvalue weighted by Gasteiger charge is -2.38. The number of nitrogens with one attached hydrogen (secondary N) is 1. The molecule has 2 aromatic carbocycles. The molecule has 0 aromatic heterocycles. The third-order valence-corrected chi connectivity index (χ3v) is 7.29. The highest BCUT2D eigenvalue weighted by atomic mass is 16.2. The van der Waals surface area contributed by atoms with E-state index in [0.29, 0.717) is 44.3 Å². The normalized spacial score (nSPS) is 21.5. The Bertz CT molecular complexity index is 1010. The minimum atomic E-state index is -0.777. The minimum Gasteiger partial charge on any atom is -0.338 e. The molecule has 7 heteroatoms. The van der Waals surface area contributed by atoms with E-state index in [2.05, 4.69) is 22.3 Å². The lowest BCUT2D eigenvalue weighted by Crippen LogP contribution is -2.55. The molecule has 3 aliphatic rings. The summed E-state index contributed by atoms with van der Waals surface area (Å²) in [7, 11) is 0. The molecule has 172 valence electrons. The fraction of sp³-hybridized carbons (Fsp3) is 0.423. The van der Waals surface area contributed by atoms with Gasteiger partial charge in [-0.05, 0) is 43.4 Å². The first-order chi connectivity index (χ1) is 16.1. The number of hydrogen-bond acceptors (Lipinski definition) is 4. The lowest BCUT2D eigenvalue weighted by molar-refractivity contribution is -0.135. The summed E-state index contributed by atoms with van der Waals surface area (Å²) in [4.78, 5) is 44.6. The SMILES string of the molecule is O=C(c1ccccc1)N1CCC(N2C(=O)NC3(CCN(Cc4ccccc4)CC3)C2=O)CC1. The van der Waals surface area contributed by atoms with Crippen LogP contribution < -0.4 is 5.32 Å². The minimum absolute atomic E-state index is 0.00788. The highest BCUT2D eigenvalue weighted by Gasteiger charge is 2.54. The Morgan fingerprint density at radius 2 is 1.48 bits per heavy atom. The number of imide groups is 1. The van der Waals surface area contributed by atoms with E-state index in [1.807, 2.05) is 53.4 Å². The largest absolute Gasteiger partial charge is 0.338 e. The van der Waals surface area contributed by atoms with Crippen LogP contribution in [0.3, 0.4) is 0 Å². The molecule has 1 spiro atoms. The van der Waals surface area contributed by atoms with Crippen LogP contribution in [0.2, 0.25) is 0 Å². The fourth-order valence-electron chi connectivity index (χ4n) is 5.34. The van der Waals surface area contributed by atoms with E-state index < -0.39 is 5.54 Å². The molecule has 0 atom stereocenters. The Morgan fingerprint density at radius 1 is 0.879 bits per heavy atom. The number of nitrogens with zero attached hydrogens (tertiary/aromatic N) is 3. The highest BCUT2D eigenvalue weighted by Crippen LogP contribution is 2.33. The zero-order chi connectivity index (χ0) is 22.8. The third-order valence-electron chi connectivity index (χ3n) is 7.29. The summed E-state index contributed by atoms with van der Waals surface area (Å²) in [6, 6.07) is 19.1. The Kier molecular flexibility index (Phi) is 5.89. The first-order valence-corrected chi connectivity index (χ1v) is 11.8. The van der Waals surface area contributed by atoms with Gasteiger partial charge in [0.25, 0.3) is 11.8 Å². The number of amides is 4. The molecular formula is C26H30N4O3. The Labute approximate surface area is 194 Å². The molecule has 5 rings (SSSR count). The molecule has 4 amide bonds. The molecular weight excluding hydrogens is 416 g/mol. The van der Waals surface area contributed by atoms with Crippen molar-refractivity contribution >= 4 is 17.8 Å². The smallest absolute Gasteiger partial charge is 0.325 e. The van der Waals surface area contributed by atoms with Crippen molar-refractivity contribution in [3.05, 3.63) is 71.8 Å². The molecule has 0 aliphatic carbocycles. The maximum atomic E-state index is 13.4. The van der Waals surface area contributed by atoms with E-state index in [-0.39, 0.29) is 23.9 Å². The molecule has 0 radical (unpaired) electrons. The second kappa shape index (κ2) is 8.98. The van der Waals surface area contributed by atoms with Crippen molar-refractivity contribution in [2.45, 2.75) is 43.8 Å². The van der Waals surface area contributed by atoms with Crippen molar-refractivity contribution in [3.8, 4) is 0 Å². The molecule has 33 heavy (non-hydrogen) atoms. The number of urea groups is 1. The number of carbonyl (C=O) groups excluding carboxylic acids is 3. The van der Waals surface area contributed by atoms with Crippen molar-refractivity contribution in [2.75, 3.05) is 26.2 Å². The van der Waals surface area contributed by atoms with E-state index in [1.165, 1.54) is 10.5 Å². The van der Waals surface area contributed by atoms with Gasteiger partial charge in [0.05, 0.1) is 0 Å². The van der Waals surface area contributed by atoms with Gasteiger partial charge in [0.2, 0.25) is 0 Å². The van der Waals surface area contributed by atoms with E-state index in [1.54, 1.807) is 0 Å². The number of piperidine rings is 2. The van der Waals surface area contributed by atoms with Crippen LogP contribution in [0.5, 0.6) is 0 Å². The fourth-order valence-corrected chi connectivity index (χ4v) is 5.34. The number of benzene rings is 2. The zero-order valence-corrected chi connectivity index (χ0v) is 18.8. The standard InChI is InChI=1S/C26H30N4O3/c31-23(21-9-5-2-6-10-21)29-15-11-22(12-16-29)30-24(32)26(27-25(30)33)13-17-28(18-14-26)19-20-7-3-1-4-8-20/h1-10,22H,11-19H2,(H,27,33). The maximum absolute atomic E-state index is 13.4. The van der Waals surface area contributed by atoms with Crippen LogP contribution in [0.1, 0.15) is 41.6 Å². The predicted molar refractivity (Wildman–Crippen MR) is 124 cm³/mol. The molecule has 3 heterocycles. The quantitative estimate of drug-likeness (QED) is 0.733. The van der Waals surface area contributed by atoms with Crippen molar-refractivity contribution < 1.29 is 14.4 Å². The summed E-state index contributed by atoms with van der Waals surface area (Å²) in [6.07, 6.45) is 2.50. The van der Waals surface area contributed by atoms with Crippen molar-refractivity contribution in [1.82, 2.24) is 20.0 Å². The van der Waals surface area contributed by atoms with Crippen LogP contribution in [0, 0.1) is 0 Å². The molecule has 0 unspecified atom stereocenters. The predicted octanol–water partition coefficient (Wildman–Crippen LogP) is 2.88. The summed E-state index contributed by atoms with van der Waals surface area (Å²) in [5, 5.41) is 3.04. The van der Waals surface area contributed by atoms with E-state index in [0.717, 1.165) is 19.6 Å². The third kappa shape index (κ3) is 4.25. The van der Waals surface area contributed by atoms with Crippen LogP contribution in [0.4, 0.5) is 4.79 Å². The molecule has 3 saturated heterocycles. The molecule has 2 aromatic rings. The average molecular weight is 447 g/mol. The monoisotopic (exact) mass is 446 g/mol. The van der Waals surface area contributed by atoms with Gasteiger partial charge in [-0.25, -0.2) is 4.79 Å². The van der Waals surface area contributed by atoms with Crippen LogP contribution in [-0.2, 0) is 11.3 Å². The molecule has 3 aliphatic heterocycles. The number of likely N-dealkylation sites (tertiary alicyclic amines) is 2. The van der Waals surface area contributed by atoms with Gasteiger partial charge in [-0.2, -0.15) is 0 Å². The topological polar surface area (TPSA) is 73.0 Å². The second-order valence-electron chi connectivity index (χ2n) is 9.34. The van der Waals surface area contributed by atoms with Crippen molar-refractivity contribution in [2.24, 2.45) is 0 Å². The Balaban J connectivity index is 1.18. The number of carbonyl (C=O) groups is 3. The lowest BCUT2D eigenvalue weighted by atomic mass is 9.86. The van der Waals surface area contributed by atoms with Gasteiger partial charge in [0, 0.05) is 44.3 Å². The second-order valence-corrected chi connectivity index (χ2v) is 9.34. The summed E-state index contributed by atoms with van der Waals surface area (Å²) in [5.74, 6) is -0.0757. The van der Waals surface area contributed by atoms with Gasteiger partial charge in [-0.3, -0.25) is 19.4 Å². The van der Waals surface area contributed by atoms with Crippen molar-refractivity contribution in [1.29, 1.82) is 0 Å². The average Bonchev–Trinajstić information content (AvgIpc) is 3.10. The van der Waals surface area contributed by atoms with E-state index in [9.17, 15) is 14.4 Å². The molecule has 0 bridgehead atoms. The Hall–Kier alpha value is -3.19. The molecule has 3 fully saturated rings. The van der Waals surface area contributed by atoms with E-state index >= 15 is 0 Å². The summed E-state index contributed by atoms with van der Waals surface area (Å²) >= 11 is 0. The zero-order valence-electron chi connectivity index (χ0n) is 18.8. The van der Waals surface area contributed by atoms with Crippen molar-refractivity contribution in [3.63, 3.8) is 0 Å². The molecule has 7 nitrogen and oxygen atoms in total. The Morgan fingerprint density at radius 3 is 2.12 bits per heavy atom. The van der Waals surface area contributed by atoms with Crippen LogP contribution >= 0.6 is 0 Å². The van der Waals surface area contributed by atoms with Gasteiger partial charge in [-0.15, -0.1) is 0 Å². The van der Waals surface area contributed by atoms with Crippen LogP contribution in [-0.4, -0.2) is 70.3 Å². The number of rotatable bonds is 4. The van der Waals surface area contributed by atoms with Gasteiger partial charge in [0.1, 0.15) is 5.54 Å².